The van der Waals surface area contributed by atoms with Crippen LogP contribution in [-0.4, -0.2) is 78.6 Å². The molecule has 1 aliphatic carbocycles. The van der Waals surface area contributed by atoms with Crippen molar-refractivity contribution in [2.24, 2.45) is 17.8 Å². The number of hydrogen-bond acceptors (Lipinski definition) is 6. The summed E-state index contributed by atoms with van der Waals surface area (Å²) in [5.74, 6) is 0.00799. The number of likely N-dealkylation sites (tertiary alicyclic amines) is 1. The number of fused-ring (bicyclic) bond motifs is 1. The molecule has 1 aromatic rings. The molecule has 4 rings (SSSR count). The zero-order valence-corrected chi connectivity index (χ0v) is 23.9. The second-order valence-corrected chi connectivity index (χ2v) is 15.0. The number of aliphatic hydroxyl groups is 1. The third-order valence-electron chi connectivity index (χ3n) is 8.42. The molecule has 3 aliphatic rings. The van der Waals surface area contributed by atoms with E-state index < -0.39 is 27.9 Å². The Morgan fingerprint density at radius 2 is 1.74 bits per heavy atom. The highest BCUT2D eigenvalue weighted by Gasteiger charge is 2.42. The van der Waals surface area contributed by atoms with Crippen LogP contribution in [0.3, 0.4) is 0 Å². The molecule has 0 bridgehead atoms. The number of nitrogens with zero attached hydrogens (tertiary/aromatic N) is 1. The molecule has 1 saturated carbocycles. The van der Waals surface area contributed by atoms with Gasteiger partial charge >= 0.3 is 0 Å². The Morgan fingerprint density at radius 3 is 2.37 bits per heavy atom. The molecule has 38 heavy (non-hydrogen) atoms. The molecule has 8 nitrogen and oxygen atoms in total. The van der Waals surface area contributed by atoms with Crippen LogP contribution in [0.1, 0.15) is 64.9 Å². The average molecular weight is 548 g/mol. The predicted molar refractivity (Wildman–Crippen MR) is 148 cm³/mol. The summed E-state index contributed by atoms with van der Waals surface area (Å²) in [7, 11) is -3.20. The highest BCUT2D eigenvalue weighted by atomic mass is 32.2. The Morgan fingerprint density at radius 1 is 1.05 bits per heavy atom. The largest absolute Gasteiger partial charge is 0.390 e. The van der Waals surface area contributed by atoms with Crippen LogP contribution in [0.25, 0.3) is 0 Å². The van der Waals surface area contributed by atoms with E-state index in [2.05, 4.69) is 15.5 Å². The molecule has 0 unspecified atom stereocenters. The molecule has 2 aliphatic heterocycles. The van der Waals surface area contributed by atoms with Crippen molar-refractivity contribution in [3.05, 3.63) is 35.9 Å². The number of carbonyl (C=O) groups is 2. The molecule has 3 fully saturated rings. The van der Waals surface area contributed by atoms with E-state index in [0.717, 1.165) is 31.4 Å². The van der Waals surface area contributed by atoms with E-state index >= 15 is 0 Å². The number of amides is 2. The van der Waals surface area contributed by atoms with Gasteiger partial charge in [0, 0.05) is 18.6 Å². The first-order chi connectivity index (χ1) is 17.9. The molecule has 1 aromatic carbocycles. The molecule has 2 saturated heterocycles. The Kier molecular flexibility index (Phi) is 9.20. The van der Waals surface area contributed by atoms with Gasteiger partial charge in [-0.15, -0.1) is 0 Å². The van der Waals surface area contributed by atoms with Gasteiger partial charge in [-0.25, -0.2) is 8.42 Å². The lowest BCUT2D eigenvalue weighted by Gasteiger charge is -2.47. The molecule has 212 valence electrons. The van der Waals surface area contributed by atoms with Crippen LogP contribution in [0.5, 0.6) is 0 Å². The molecular formula is C29H45N3O5S. The summed E-state index contributed by atoms with van der Waals surface area (Å²) in [6, 6.07) is 8.76. The van der Waals surface area contributed by atoms with Crippen molar-refractivity contribution in [3.63, 3.8) is 0 Å². The number of nitrogens with one attached hydrogen (secondary N) is 2. The van der Waals surface area contributed by atoms with E-state index in [-0.39, 0.29) is 41.4 Å². The van der Waals surface area contributed by atoms with E-state index in [4.69, 9.17) is 0 Å². The highest BCUT2D eigenvalue weighted by molar-refractivity contribution is 7.91. The van der Waals surface area contributed by atoms with Crippen molar-refractivity contribution in [2.45, 2.75) is 89.4 Å². The summed E-state index contributed by atoms with van der Waals surface area (Å²) in [6.07, 6.45) is 5.31. The van der Waals surface area contributed by atoms with Crippen LogP contribution in [-0.2, 0) is 25.8 Å². The fourth-order valence-electron chi connectivity index (χ4n) is 6.45. The lowest BCUT2D eigenvalue weighted by molar-refractivity contribution is -0.133. The summed E-state index contributed by atoms with van der Waals surface area (Å²) in [6.45, 7) is 6.96. The van der Waals surface area contributed by atoms with E-state index in [1.165, 1.54) is 12.8 Å². The summed E-state index contributed by atoms with van der Waals surface area (Å²) >= 11 is 0. The Labute approximate surface area is 227 Å². The van der Waals surface area contributed by atoms with E-state index in [9.17, 15) is 23.1 Å². The minimum atomic E-state index is -3.20. The van der Waals surface area contributed by atoms with Gasteiger partial charge in [0.15, 0.2) is 9.84 Å². The topological polar surface area (TPSA) is 116 Å². The fourth-order valence-corrected chi connectivity index (χ4v) is 8.19. The van der Waals surface area contributed by atoms with Gasteiger partial charge in [0.05, 0.1) is 35.6 Å². The van der Waals surface area contributed by atoms with Crippen LogP contribution >= 0.6 is 0 Å². The zero-order chi connectivity index (χ0) is 27.5. The van der Waals surface area contributed by atoms with Gasteiger partial charge in [-0.1, -0.05) is 49.6 Å². The molecule has 3 N–H and O–H groups in total. The van der Waals surface area contributed by atoms with Gasteiger partial charge in [-0.3, -0.25) is 14.5 Å². The van der Waals surface area contributed by atoms with Crippen molar-refractivity contribution in [2.75, 3.05) is 24.6 Å². The summed E-state index contributed by atoms with van der Waals surface area (Å²) < 4.78 is 23.9. The van der Waals surface area contributed by atoms with Gasteiger partial charge < -0.3 is 15.7 Å². The quantitative estimate of drug-likeness (QED) is 0.460. The van der Waals surface area contributed by atoms with Gasteiger partial charge in [-0.2, -0.15) is 0 Å². The average Bonchev–Trinajstić information content (AvgIpc) is 3.22. The molecule has 6 atom stereocenters. The summed E-state index contributed by atoms with van der Waals surface area (Å²) in [4.78, 5) is 28.6. The molecule has 9 heteroatoms. The van der Waals surface area contributed by atoms with Crippen molar-refractivity contribution in [3.8, 4) is 0 Å². The number of carbonyl (C=O) groups excluding carboxylic acids is 2. The first kappa shape index (κ1) is 29.0. The minimum Gasteiger partial charge on any atom is -0.390 e. The van der Waals surface area contributed by atoms with Crippen LogP contribution in [0.2, 0.25) is 0 Å². The number of hydrogen-bond donors (Lipinski definition) is 3. The van der Waals surface area contributed by atoms with Crippen molar-refractivity contribution >= 4 is 21.7 Å². The predicted octanol–water partition coefficient (Wildman–Crippen LogP) is 2.30. The van der Waals surface area contributed by atoms with Crippen molar-refractivity contribution in [1.82, 2.24) is 15.5 Å². The van der Waals surface area contributed by atoms with E-state index in [1.54, 1.807) is 0 Å². The fraction of sp³-hybridized carbons (Fsp3) is 0.724. The minimum absolute atomic E-state index is 0.00599. The maximum absolute atomic E-state index is 13.4. The number of sulfone groups is 1. The standard InChI is InChI=1S/C29H45N3O5S/c1-29(2,3)31-28(35)25-16-21-11-7-8-12-22(21)17-32(25)18-26(33)24(15-20-9-5-4-6-10-20)30-27(34)23-13-14-38(36,37)19-23/h4-6,9-10,21-26,33H,7-8,11-19H2,1-3H3,(H,30,34)(H,31,35)/t21-,22+,23-,24-,25-,26+/m0/s1. The van der Waals surface area contributed by atoms with Crippen LogP contribution in [0.15, 0.2) is 30.3 Å². The van der Waals surface area contributed by atoms with Crippen molar-refractivity contribution < 1.29 is 23.1 Å². The number of aliphatic hydroxyl groups excluding tert-OH is 1. The number of rotatable bonds is 8. The molecule has 0 aromatic heterocycles. The number of benzene rings is 1. The maximum Gasteiger partial charge on any atom is 0.237 e. The lowest BCUT2D eigenvalue weighted by Crippen LogP contribution is -2.60. The van der Waals surface area contributed by atoms with Gasteiger partial charge in [-0.05, 0) is 63.9 Å². The van der Waals surface area contributed by atoms with Gasteiger partial charge in [0.1, 0.15) is 0 Å². The molecule has 2 amide bonds. The first-order valence-electron chi connectivity index (χ1n) is 14.2. The number of piperidine rings is 1. The van der Waals surface area contributed by atoms with Gasteiger partial charge in [0.2, 0.25) is 11.8 Å². The van der Waals surface area contributed by atoms with E-state index in [0.29, 0.717) is 24.7 Å². The number of β-amino-alcohol motifs (C(OH)–C–C–N with tert-alkyl or cyclic N) is 1. The molecule has 0 spiro atoms. The first-order valence-corrected chi connectivity index (χ1v) is 16.0. The zero-order valence-electron chi connectivity index (χ0n) is 23.1. The Bertz CT molecular complexity index is 1070. The van der Waals surface area contributed by atoms with Crippen LogP contribution in [0.4, 0.5) is 0 Å². The molecular weight excluding hydrogens is 502 g/mol. The second kappa shape index (κ2) is 12.0. The third kappa shape index (κ3) is 7.79. The third-order valence-corrected chi connectivity index (χ3v) is 10.2. The molecule has 0 radical (unpaired) electrons. The van der Waals surface area contributed by atoms with Crippen molar-refractivity contribution in [1.29, 1.82) is 0 Å². The summed E-state index contributed by atoms with van der Waals surface area (Å²) in [5, 5.41) is 17.7. The smallest absolute Gasteiger partial charge is 0.237 e. The van der Waals surface area contributed by atoms with Crippen LogP contribution in [0, 0.1) is 17.8 Å². The lowest BCUT2D eigenvalue weighted by atomic mass is 9.72. The monoisotopic (exact) mass is 547 g/mol. The van der Waals surface area contributed by atoms with Crippen LogP contribution < -0.4 is 10.6 Å². The van der Waals surface area contributed by atoms with E-state index in [1.807, 2.05) is 51.1 Å². The molecule has 2 heterocycles. The van der Waals surface area contributed by atoms with Gasteiger partial charge in [0.25, 0.3) is 0 Å². The Hall–Kier alpha value is -1.97. The highest BCUT2D eigenvalue weighted by Crippen LogP contribution is 2.39. The normalized spacial score (nSPS) is 29.2. The second-order valence-electron chi connectivity index (χ2n) is 12.7. The summed E-state index contributed by atoms with van der Waals surface area (Å²) in [5.41, 5.74) is 0.625. The SMILES string of the molecule is CC(C)(C)NC(=O)[C@@H]1C[C@@H]2CCCC[C@@H]2CN1C[C@@H](O)[C@H](Cc1ccccc1)NC(=O)[C@H]1CCS(=O)(=O)C1. The Balaban J connectivity index is 1.51. The maximum atomic E-state index is 13.4.